The van der Waals surface area contributed by atoms with E-state index >= 15 is 0 Å². The van der Waals surface area contributed by atoms with Crippen molar-refractivity contribution >= 4 is 17.0 Å². The second kappa shape index (κ2) is 7.30. The van der Waals surface area contributed by atoms with Gasteiger partial charge >= 0.3 is 4.87 Å². The topological polar surface area (TPSA) is 99.5 Å². The number of benzene rings is 1. The van der Waals surface area contributed by atoms with Crippen LogP contribution in [-0.4, -0.2) is 39.6 Å². The highest BCUT2D eigenvalue weighted by atomic mass is 32.1. The van der Waals surface area contributed by atoms with Gasteiger partial charge in [-0.3, -0.25) is 19.8 Å². The molecule has 2 N–H and O–H groups in total. The van der Waals surface area contributed by atoms with Gasteiger partial charge in [-0.1, -0.05) is 30.4 Å². The van der Waals surface area contributed by atoms with Crippen LogP contribution in [0.3, 0.4) is 0 Å². The van der Waals surface area contributed by atoms with E-state index in [4.69, 9.17) is 5.11 Å². The number of non-ortho nitro benzene ring substituents is 1. The van der Waals surface area contributed by atoms with Crippen LogP contribution >= 0.6 is 11.3 Å². The zero-order chi connectivity index (χ0) is 16.1. The van der Waals surface area contributed by atoms with E-state index in [0.717, 1.165) is 22.8 Å². The summed E-state index contributed by atoms with van der Waals surface area (Å²) in [5, 5.41) is 19.9. The zero-order valence-electron chi connectivity index (χ0n) is 12.1. The normalized spacial score (nSPS) is 11.0. The van der Waals surface area contributed by atoms with Crippen molar-refractivity contribution in [1.82, 2.24) is 9.88 Å². The van der Waals surface area contributed by atoms with Crippen LogP contribution in [0.15, 0.2) is 29.1 Å². The molecule has 22 heavy (non-hydrogen) atoms. The van der Waals surface area contributed by atoms with E-state index in [2.05, 4.69) is 4.98 Å². The van der Waals surface area contributed by atoms with E-state index in [9.17, 15) is 14.9 Å². The fourth-order valence-corrected chi connectivity index (χ4v) is 3.07. The molecular formula is C14H17N3O4S. The van der Waals surface area contributed by atoms with Crippen LogP contribution in [0.4, 0.5) is 5.69 Å². The number of nitro benzene ring substituents is 1. The molecule has 8 heteroatoms. The number of aromatic amines is 1. The van der Waals surface area contributed by atoms with Gasteiger partial charge in [0.1, 0.15) is 0 Å². The second-order valence-corrected chi connectivity index (χ2v) is 5.78. The minimum atomic E-state index is -0.461. The van der Waals surface area contributed by atoms with Gasteiger partial charge in [0.15, 0.2) is 0 Å². The molecule has 1 heterocycles. The molecule has 0 fully saturated rings. The largest absolute Gasteiger partial charge is 0.395 e. The van der Waals surface area contributed by atoms with Crippen molar-refractivity contribution in [3.63, 3.8) is 0 Å². The molecule has 118 valence electrons. The number of aliphatic hydroxyl groups excluding tert-OH is 1. The number of hydrogen-bond acceptors (Lipinski definition) is 6. The number of nitrogens with one attached hydrogen (secondary N) is 1. The highest BCUT2D eigenvalue weighted by molar-refractivity contribution is 7.09. The van der Waals surface area contributed by atoms with Crippen LogP contribution in [0.2, 0.25) is 0 Å². The summed E-state index contributed by atoms with van der Waals surface area (Å²) < 4.78 is 0. The summed E-state index contributed by atoms with van der Waals surface area (Å²) in [5.74, 6) is 0. The number of aliphatic hydroxyl groups is 1. The molecular weight excluding hydrogens is 306 g/mol. The maximum absolute atomic E-state index is 11.7. The highest BCUT2D eigenvalue weighted by Crippen LogP contribution is 2.27. The standard InChI is InChI=1S/C14H17N3O4S/c1-2-16(6-7-18)9-12-13(15-14(19)22-12)10-4-3-5-11(8-10)17(20)21/h3-5,8,18H,2,6-7,9H2,1H3,(H,15,19). The predicted octanol–water partition coefficient (Wildman–Crippen LogP) is 1.83. The first-order chi connectivity index (χ1) is 10.5. The lowest BCUT2D eigenvalue weighted by molar-refractivity contribution is -0.384. The fraction of sp³-hybridized carbons (Fsp3) is 0.357. The number of aromatic nitrogens is 1. The van der Waals surface area contributed by atoms with Crippen molar-refractivity contribution in [2.45, 2.75) is 13.5 Å². The van der Waals surface area contributed by atoms with Crippen LogP contribution < -0.4 is 4.87 Å². The van der Waals surface area contributed by atoms with Crippen molar-refractivity contribution in [2.24, 2.45) is 0 Å². The van der Waals surface area contributed by atoms with Gasteiger partial charge in [-0.05, 0) is 6.54 Å². The van der Waals surface area contributed by atoms with E-state index in [1.54, 1.807) is 12.1 Å². The van der Waals surface area contributed by atoms with Crippen molar-refractivity contribution in [3.8, 4) is 11.3 Å². The molecule has 0 atom stereocenters. The number of hydrogen-bond donors (Lipinski definition) is 2. The lowest BCUT2D eigenvalue weighted by Gasteiger charge is -2.18. The first-order valence-corrected chi connectivity index (χ1v) is 7.66. The lowest BCUT2D eigenvalue weighted by Crippen LogP contribution is -2.25. The van der Waals surface area contributed by atoms with E-state index in [1.807, 2.05) is 11.8 Å². The summed E-state index contributed by atoms with van der Waals surface area (Å²) in [6.45, 7) is 3.77. The Morgan fingerprint density at radius 1 is 1.45 bits per heavy atom. The van der Waals surface area contributed by atoms with Crippen LogP contribution in [0, 0.1) is 10.1 Å². The number of nitrogens with zero attached hydrogens (tertiary/aromatic N) is 2. The van der Waals surface area contributed by atoms with Gasteiger partial charge in [0.25, 0.3) is 5.69 Å². The third-order valence-corrected chi connectivity index (χ3v) is 4.17. The Labute approximate surface area is 131 Å². The Hall–Kier alpha value is -2.03. The molecule has 0 saturated heterocycles. The van der Waals surface area contributed by atoms with Crippen LogP contribution in [0.5, 0.6) is 0 Å². The quantitative estimate of drug-likeness (QED) is 0.598. The molecule has 0 spiro atoms. The lowest BCUT2D eigenvalue weighted by atomic mass is 10.1. The van der Waals surface area contributed by atoms with E-state index in [-0.39, 0.29) is 17.2 Å². The molecule has 0 bridgehead atoms. The van der Waals surface area contributed by atoms with Gasteiger partial charge in [-0.15, -0.1) is 0 Å². The molecule has 2 aromatic rings. The van der Waals surface area contributed by atoms with Crippen molar-refractivity contribution in [2.75, 3.05) is 19.7 Å². The third kappa shape index (κ3) is 3.79. The summed E-state index contributed by atoms with van der Waals surface area (Å²) >= 11 is 1.09. The maximum Gasteiger partial charge on any atom is 0.305 e. The smallest absolute Gasteiger partial charge is 0.305 e. The zero-order valence-corrected chi connectivity index (χ0v) is 12.9. The highest BCUT2D eigenvalue weighted by Gasteiger charge is 2.15. The number of likely N-dealkylation sites (N-methyl/N-ethyl adjacent to an activating group) is 1. The molecule has 0 aliphatic heterocycles. The first kappa shape index (κ1) is 16.3. The first-order valence-electron chi connectivity index (χ1n) is 6.85. The molecule has 1 aromatic carbocycles. The summed E-state index contributed by atoms with van der Waals surface area (Å²) in [4.78, 5) is 27.5. The summed E-state index contributed by atoms with van der Waals surface area (Å²) in [6, 6.07) is 6.19. The number of nitro groups is 1. The average molecular weight is 323 g/mol. The molecule has 0 unspecified atom stereocenters. The minimum absolute atomic E-state index is 0.0156. The third-order valence-electron chi connectivity index (χ3n) is 3.30. The van der Waals surface area contributed by atoms with E-state index in [1.165, 1.54) is 12.1 Å². The van der Waals surface area contributed by atoms with Gasteiger partial charge in [0.2, 0.25) is 0 Å². The molecule has 1 aromatic heterocycles. The molecule has 0 saturated carbocycles. The second-order valence-electron chi connectivity index (χ2n) is 4.71. The summed E-state index contributed by atoms with van der Waals surface area (Å²) in [7, 11) is 0. The number of thiazole rings is 1. The van der Waals surface area contributed by atoms with Gasteiger partial charge < -0.3 is 10.1 Å². The molecule has 7 nitrogen and oxygen atoms in total. The predicted molar refractivity (Wildman–Crippen MR) is 85.1 cm³/mol. The summed E-state index contributed by atoms with van der Waals surface area (Å²) in [6.07, 6.45) is 0. The van der Waals surface area contributed by atoms with Crippen LogP contribution in [-0.2, 0) is 6.54 Å². The minimum Gasteiger partial charge on any atom is -0.395 e. The number of rotatable bonds is 7. The Kier molecular flexibility index (Phi) is 5.42. The Balaban J connectivity index is 2.37. The van der Waals surface area contributed by atoms with Gasteiger partial charge in [0.05, 0.1) is 17.2 Å². The Morgan fingerprint density at radius 3 is 2.86 bits per heavy atom. The fourth-order valence-electron chi connectivity index (χ4n) is 2.17. The molecule has 0 aliphatic carbocycles. The number of H-pyrrole nitrogens is 1. The van der Waals surface area contributed by atoms with Gasteiger partial charge in [0, 0.05) is 35.7 Å². The molecule has 0 aliphatic rings. The monoisotopic (exact) mass is 323 g/mol. The molecule has 2 rings (SSSR count). The maximum atomic E-state index is 11.7. The van der Waals surface area contributed by atoms with Gasteiger partial charge in [-0.25, -0.2) is 0 Å². The Bertz CT molecular complexity index is 710. The van der Waals surface area contributed by atoms with E-state index < -0.39 is 4.92 Å². The molecule has 0 radical (unpaired) electrons. The van der Waals surface area contributed by atoms with Gasteiger partial charge in [-0.2, -0.15) is 0 Å². The Morgan fingerprint density at radius 2 is 2.23 bits per heavy atom. The van der Waals surface area contributed by atoms with Crippen LogP contribution in [0.25, 0.3) is 11.3 Å². The molecule has 0 amide bonds. The van der Waals surface area contributed by atoms with Crippen LogP contribution in [0.1, 0.15) is 11.8 Å². The average Bonchev–Trinajstić information content (AvgIpc) is 2.87. The van der Waals surface area contributed by atoms with E-state index in [0.29, 0.717) is 24.3 Å². The van der Waals surface area contributed by atoms with Crippen molar-refractivity contribution in [3.05, 3.63) is 48.9 Å². The summed E-state index contributed by atoms with van der Waals surface area (Å²) in [5.41, 5.74) is 1.20. The SMILES string of the molecule is CCN(CCO)Cc1sc(=O)[nH]c1-c1cccc([N+](=O)[O-])c1. The van der Waals surface area contributed by atoms with Crippen molar-refractivity contribution in [1.29, 1.82) is 0 Å². The van der Waals surface area contributed by atoms with Crippen molar-refractivity contribution < 1.29 is 10.0 Å².